The molecule has 0 fully saturated rings. The van der Waals surface area contributed by atoms with Crippen molar-refractivity contribution in [1.29, 1.82) is 0 Å². The lowest BCUT2D eigenvalue weighted by atomic mass is 9.99. The molecule has 0 unspecified atom stereocenters. The summed E-state index contributed by atoms with van der Waals surface area (Å²) in [5.41, 5.74) is 1.52. The van der Waals surface area contributed by atoms with Gasteiger partial charge in [-0.25, -0.2) is 4.98 Å². The maximum atomic E-state index is 12.7. The molecule has 146 valence electrons. The van der Waals surface area contributed by atoms with Gasteiger partial charge < -0.3 is 15.7 Å². The normalized spacial score (nSPS) is 11.8. The van der Waals surface area contributed by atoms with Crippen LogP contribution in [0.3, 0.4) is 0 Å². The van der Waals surface area contributed by atoms with Crippen LogP contribution in [-0.4, -0.2) is 37.2 Å². The molecule has 8 nitrogen and oxygen atoms in total. The molecule has 0 radical (unpaired) electrons. The van der Waals surface area contributed by atoms with Crippen molar-refractivity contribution >= 4 is 34.8 Å². The lowest BCUT2D eigenvalue weighted by Gasteiger charge is -2.19. The van der Waals surface area contributed by atoms with Gasteiger partial charge in [0.1, 0.15) is 11.1 Å². The summed E-state index contributed by atoms with van der Waals surface area (Å²) in [6.07, 6.45) is 5.55. The van der Waals surface area contributed by atoms with Crippen LogP contribution in [0.15, 0.2) is 48.9 Å². The number of aliphatic hydroxyl groups is 1. The van der Waals surface area contributed by atoms with Gasteiger partial charge >= 0.3 is 0 Å². The molecule has 0 saturated carbocycles. The fourth-order valence-electron chi connectivity index (χ4n) is 2.67. The third kappa shape index (κ3) is 5.05. The third-order valence-electron chi connectivity index (χ3n) is 4.02. The Labute approximate surface area is 167 Å². The van der Waals surface area contributed by atoms with E-state index >= 15 is 0 Å². The summed E-state index contributed by atoms with van der Waals surface area (Å²) in [5.74, 6) is 0.612. The predicted molar refractivity (Wildman–Crippen MR) is 108 cm³/mol. The van der Waals surface area contributed by atoms with Crippen molar-refractivity contribution in [2.75, 3.05) is 17.2 Å². The van der Waals surface area contributed by atoms with Crippen LogP contribution < -0.4 is 10.6 Å². The number of Topliss-reactive ketones (excluding diaryl/α,β-unsaturated/α-hetero) is 1. The van der Waals surface area contributed by atoms with Crippen LogP contribution in [-0.2, 0) is 11.8 Å². The minimum atomic E-state index is -0.633. The molecule has 3 rings (SSSR count). The van der Waals surface area contributed by atoms with Crippen LogP contribution in [0, 0.1) is 0 Å². The van der Waals surface area contributed by atoms with Crippen molar-refractivity contribution in [3.05, 3.63) is 59.5 Å². The molecule has 2 aromatic heterocycles. The number of aromatic nitrogens is 4. The molecule has 0 bridgehead atoms. The topological polar surface area (TPSA) is 105 Å². The molecule has 0 saturated heterocycles. The standard InChI is InChI=1S/C19H21ClN6O2/c1-26-12-14(10-22-26)23-19-21-11-15(20)18(25-19)24-17(16(28)8-5-9-27)13-6-3-2-4-7-13/h2-4,6-7,10-12,17,27H,5,8-9H2,1H3,(H2,21,23,24,25)/t17-/m0/s1. The van der Waals surface area contributed by atoms with E-state index in [1.54, 1.807) is 17.1 Å². The zero-order valence-corrected chi connectivity index (χ0v) is 16.1. The summed E-state index contributed by atoms with van der Waals surface area (Å²) < 4.78 is 1.66. The second-order valence-corrected chi connectivity index (χ2v) is 6.61. The van der Waals surface area contributed by atoms with Crippen molar-refractivity contribution in [1.82, 2.24) is 19.7 Å². The molecule has 2 heterocycles. The molecular weight excluding hydrogens is 380 g/mol. The fourth-order valence-corrected chi connectivity index (χ4v) is 2.82. The number of anilines is 3. The molecule has 0 aliphatic carbocycles. The van der Waals surface area contributed by atoms with Crippen molar-refractivity contribution < 1.29 is 9.90 Å². The summed E-state index contributed by atoms with van der Waals surface area (Å²) in [4.78, 5) is 21.3. The van der Waals surface area contributed by atoms with E-state index in [0.717, 1.165) is 11.3 Å². The maximum absolute atomic E-state index is 12.7. The molecule has 9 heteroatoms. The average Bonchev–Trinajstić information content (AvgIpc) is 3.11. The Morgan fingerprint density at radius 1 is 1.29 bits per heavy atom. The molecule has 0 spiro atoms. The van der Waals surface area contributed by atoms with Crippen LogP contribution in [0.2, 0.25) is 5.02 Å². The Morgan fingerprint density at radius 3 is 2.75 bits per heavy atom. The van der Waals surface area contributed by atoms with E-state index < -0.39 is 6.04 Å². The number of benzene rings is 1. The molecule has 1 aromatic carbocycles. The van der Waals surface area contributed by atoms with E-state index in [1.807, 2.05) is 37.4 Å². The molecule has 28 heavy (non-hydrogen) atoms. The quantitative estimate of drug-likeness (QED) is 0.506. The minimum Gasteiger partial charge on any atom is -0.396 e. The van der Waals surface area contributed by atoms with Gasteiger partial charge in [-0.1, -0.05) is 41.9 Å². The Hall–Kier alpha value is -2.97. The van der Waals surface area contributed by atoms with Crippen LogP contribution in [0.25, 0.3) is 0 Å². The Kier molecular flexibility index (Phi) is 6.57. The largest absolute Gasteiger partial charge is 0.396 e. The van der Waals surface area contributed by atoms with E-state index in [1.165, 1.54) is 6.20 Å². The minimum absolute atomic E-state index is 0.0410. The molecule has 1 atom stereocenters. The summed E-state index contributed by atoms with van der Waals surface area (Å²) in [6, 6.07) is 8.69. The fraction of sp³-hybridized carbons (Fsp3) is 0.263. The van der Waals surface area contributed by atoms with Gasteiger partial charge in [0.25, 0.3) is 0 Å². The number of nitrogens with one attached hydrogen (secondary N) is 2. The van der Waals surface area contributed by atoms with Crippen molar-refractivity contribution in [3.63, 3.8) is 0 Å². The Bertz CT molecular complexity index is 931. The predicted octanol–water partition coefficient (Wildman–Crippen LogP) is 3.10. The van der Waals surface area contributed by atoms with E-state index in [9.17, 15) is 4.79 Å². The van der Waals surface area contributed by atoms with E-state index in [-0.39, 0.29) is 18.8 Å². The smallest absolute Gasteiger partial charge is 0.229 e. The van der Waals surface area contributed by atoms with Gasteiger partial charge in [-0.3, -0.25) is 9.48 Å². The first kappa shape index (κ1) is 19.8. The first-order valence-electron chi connectivity index (χ1n) is 8.80. The van der Waals surface area contributed by atoms with E-state index in [4.69, 9.17) is 16.7 Å². The summed E-state index contributed by atoms with van der Waals surface area (Å²) in [5, 5.41) is 19.6. The van der Waals surface area contributed by atoms with Crippen LogP contribution in [0.4, 0.5) is 17.5 Å². The lowest BCUT2D eigenvalue weighted by molar-refractivity contribution is -0.120. The number of hydrogen-bond acceptors (Lipinski definition) is 7. The molecule has 3 aromatic rings. The number of halogens is 1. The summed E-state index contributed by atoms with van der Waals surface area (Å²) in [6.45, 7) is -0.0410. The average molecular weight is 401 g/mol. The highest BCUT2D eigenvalue weighted by atomic mass is 35.5. The van der Waals surface area contributed by atoms with Gasteiger partial charge in [0.2, 0.25) is 5.95 Å². The lowest BCUT2D eigenvalue weighted by Crippen LogP contribution is -2.22. The first-order chi connectivity index (χ1) is 13.6. The van der Waals surface area contributed by atoms with Crippen molar-refractivity contribution in [2.24, 2.45) is 7.05 Å². The third-order valence-corrected chi connectivity index (χ3v) is 4.30. The number of carbonyl (C=O) groups is 1. The number of aryl methyl sites for hydroxylation is 1. The highest BCUT2D eigenvalue weighted by molar-refractivity contribution is 6.32. The zero-order chi connectivity index (χ0) is 19.9. The number of rotatable bonds is 9. The van der Waals surface area contributed by atoms with Crippen LogP contribution >= 0.6 is 11.6 Å². The molecule has 0 aliphatic rings. The number of carbonyl (C=O) groups excluding carboxylic acids is 1. The SMILES string of the molecule is Cn1cc(Nc2ncc(Cl)c(N[C@H](C(=O)CCCO)c3ccccc3)n2)cn1. The Morgan fingerprint density at radius 2 is 2.07 bits per heavy atom. The van der Waals surface area contributed by atoms with Crippen molar-refractivity contribution in [3.8, 4) is 0 Å². The second kappa shape index (κ2) is 9.29. The van der Waals surface area contributed by atoms with Gasteiger partial charge in [-0.05, 0) is 12.0 Å². The first-order valence-corrected chi connectivity index (χ1v) is 9.18. The van der Waals surface area contributed by atoms with Crippen molar-refractivity contribution in [2.45, 2.75) is 18.9 Å². The van der Waals surface area contributed by atoms with Gasteiger partial charge in [0.15, 0.2) is 11.6 Å². The van der Waals surface area contributed by atoms with E-state index in [0.29, 0.717) is 23.2 Å². The number of hydrogen-bond donors (Lipinski definition) is 3. The van der Waals surface area contributed by atoms with Crippen LogP contribution in [0.1, 0.15) is 24.4 Å². The molecule has 3 N–H and O–H groups in total. The summed E-state index contributed by atoms with van der Waals surface area (Å²) >= 11 is 6.26. The second-order valence-electron chi connectivity index (χ2n) is 6.20. The maximum Gasteiger partial charge on any atom is 0.229 e. The van der Waals surface area contributed by atoms with Gasteiger partial charge in [0.05, 0.1) is 18.1 Å². The zero-order valence-electron chi connectivity index (χ0n) is 15.3. The number of nitrogens with zero attached hydrogens (tertiary/aromatic N) is 4. The Balaban J connectivity index is 1.85. The summed E-state index contributed by atoms with van der Waals surface area (Å²) in [7, 11) is 1.81. The van der Waals surface area contributed by atoms with E-state index in [2.05, 4.69) is 25.7 Å². The molecule has 0 amide bonds. The highest BCUT2D eigenvalue weighted by Gasteiger charge is 2.22. The van der Waals surface area contributed by atoms with Gasteiger partial charge in [-0.15, -0.1) is 0 Å². The number of aliphatic hydroxyl groups excluding tert-OH is 1. The monoisotopic (exact) mass is 400 g/mol. The highest BCUT2D eigenvalue weighted by Crippen LogP contribution is 2.27. The molecular formula is C19H21ClN6O2. The molecule has 0 aliphatic heterocycles. The van der Waals surface area contributed by atoms with Gasteiger partial charge in [-0.2, -0.15) is 10.1 Å². The number of ketones is 1. The van der Waals surface area contributed by atoms with Crippen LogP contribution in [0.5, 0.6) is 0 Å². The van der Waals surface area contributed by atoms with Gasteiger partial charge in [0, 0.05) is 26.3 Å².